The summed E-state index contributed by atoms with van der Waals surface area (Å²) in [6.07, 6.45) is -1.67. The van der Waals surface area contributed by atoms with Crippen LogP contribution in [0, 0.1) is 17.9 Å². The minimum Gasteiger partial charge on any atom is -0.244 e. The minimum absolute atomic E-state index is 0.0200. The predicted octanol–water partition coefficient (Wildman–Crippen LogP) is 4.78. The molecular formula is C16H20F3. The summed E-state index contributed by atoms with van der Waals surface area (Å²) >= 11 is 0. The maximum atomic E-state index is 15.5. The van der Waals surface area contributed by atoms with Crippen molar-refractivity contribution in [3.63, 3.8) is 0 Å². The first-order valence-corrected chi connectivity index (χ1v) is 6.81. The molecule has 4 atom stereocenters. The van der Waals surface area contributed by atoms with Gasteiger partial charge in [-0.2, -0.15) is 0 Å². The van der Waals surface area contributed by atoms with Crippen LogP contribution in [0.25, 0.3) is 0 Å². The van der Waals surface area contributed by atoms with Crippen molar-refractivity contribution in [1.29, 1.82) is 0 Å². The Balaban J connectivity index is 2.55. The molecule has 1 aromatic rings. The Hall–Kier alpha value is -0.990. The Morgan fingerprint density at radius 2 is 1.84 bits per heavy atom. The smallest absolute Gasteiger partial charge is 0.182 e. The summed E-state index contributed by atoms with van der Waals surface area (Å²) in [5.74, 6) is -0.893. The molecule has 2 rings (SSSR count). The van der Waals surface area contributed by atoms with Crippen LogP contribution in [0.2, 0.25) is 0 Å². The van der Waals surface area contributed by atoms with Gasteiger partial charge in [-0.1, -0.05) is 45.0 Å². The van der Waals surface area contributed by atoms with E-state index in [1.807, 2.05) is 0 Å². The second-order valence-corrected chi connectivity index (χ2v) is 6.03. The predicted molar refractivity (Wildman–Crippen MR) is 70.0 cm³/mol. The zero-order valence-electron chi connectivity index (χ0n) is 11.6. The first-order valence-electron chi connectivity index (χ1n) is 6.81. The van der Waals surface area contributed by atoms with Crippen LogP contribution in [-0.2, 0) is 5.67 Å². The van der Waals surface area contributed by atoms with E-state index in [0.717, 1.165) is 0 Å². The Kier molecular flexibility index (Phi) is 3.67. The molecular weight excluding hydrogens is 249 g/mol. The van der Waals surface area contributed by atoms with Crippen molar-refractivity contribution in [2.24, 2.45) is 11.8 Å². The molecule has 0 saturated heterocycles. The number of rotatable bonds is 2. The molecule has 0 nitrogen and oxygen atoms in total. The van der Waals surface area contributed by atoms with Crippen molar-refractivity contribution in [2.45, 2.75) is 51.1 Å². The van der Waals surface area contributed by atoms with E-state index in [9.17, 15) is 4.39 Å². The molecule has 0 amide bonds. The van der Waals surface area contributed by atoms with Crippen molar-refractivity contribution < 1.29 is 13.2 Å². The van der Waals surface area contributed by atoms with Crippen LogP contribution in [0.4, 0.5) is 13.2 Å². The van der Waals surface area contributed by atoms with Gasteiger partial charge in [-0.05, 0) is 36.3 Å². The molecule has 19 heavy (non-hydrogen) atoms. The summed E-state index contributed by atoms with van der Waals surface area (Å²) in [5.41, 5.74) is -4.52. The zero-order valence-corrected chi connectivity index (χ0v) is 11.6. The van der Waals surface area contributed by atoms with Crippen LogP contribution < -0.4 is 0 Å². The van der Waals surface area contributed by atoms with Gasteiger partial charge in [-0.15, -0.1) is 0 Å². The van der Waals surface area contributed by atoms with Gasteiger partial charge >= 0.3 is 0 Å². The number of halogens is 3. The fourth-order valence-electron chi connectivity index (χ4n) is 3.30. The summed E-state index contributed by atoms with van der Waals surface area (Å²) in [6.45, 7) is 4.87. The van der Waals surface area contributed by atoms with Gasteiger partial charge < -0.3 is 0 Å². The highest BCUT2D eigenvalue weighted by Crippen LogP contribution is 2.56. The standard InChI is InChI=1S/C16H20F3/c1-11(2)16(19)14(17)9-12(3)10-15(16,18)13-7-5-4-6-8-13/h5-8,11-12,14H,9-10H2,1-3H3. The molecule has 4 unspecified atom stereocenters. The highest BCUT2D eigenvalue weighted by Gasteiger charge is 2.64. The van der Waals surface area contributed by atoms with Gasteiger partial charge in [-0.25, -0.2) is 13.2 Å². The van der Waals surface area contributed by atoms with E-state index in [0.29, 0.717) is 0 Å². The van der Waals surface area contributed by atoms with Crippen molar-refractivity contribution >= 4 is 0 Å². The highest BCUT2D eigenvalue weighted by molar-refractivity contribution is 5.29. The second-order valence-electron chi connectivity index (χ2n) is 6.03. The van der Waals surface area contributed by atoms with E-state index >= 15 is 8.78 Å². The first kappa shape index (κ1) is 14.4. The lowest BCUT2D eigenvalue weighted by molar-refractivity contribution is -0.162. The van der Waals surface area contributed by atoms with Crippen LogP contribution in [0.1, 0.15) is 39.2 Å². The summed E-state index contributed by atoms with van der Waals surface area (Å²) in [4.78, 5) is 0. The van der Waals surface area contributed by atoms with Crippen LogP contribution in [0.5, 0.6) is 0 Å². The second kappa shape index (κ2) is 4.84. The van der Waals surface area contributed by atoms with Crippen molar-refractivity contribution in [3.8, 4) is 0 Å². The molecule has 1 saturated carbocycles. The van der Waals surface area contributed by atoms with E-state index in [4.69, 9.17) is 0 Å². The van der Waals surface area contributed by atoms with E-state index in [-0.39, 0.29) is 24.3 Å². The van der Waals surface area contributed by atoms with E-state index in [1.54, 1.807) is 32.9 Å². The Labute approximate surface area is 113 Å². The van der Waals surface area contributed by atoms with Crippen molar-refractivity contribution in [1.82, 2.24) is 0 Å². The van der Waals surface area contributed by atoms with Gasteiger partial charge in [0.15, 0.2) is 11.3 Å². The molecule has 0 spiro atoms. The third-order valence-corrected chi connectivity index (χ3v) is 4.32. The van der Waals surface area contributed by atoms with Crippen LogP contribution in [0.15, 0.2) is 24.3 Å². The Bertz CT molecular complexity index is 431. The third kappa shape index (κ3) is 2.07. The molecule has 1 aliphatic rings. The van der Waals surface area contributed by atoms with Gasteiger partial charge in [-0.3, -0.25) is 0 Å². The summed E-state index contributed by atoms with van der Waals surface area (Å²) < 4.78 is 45.0. The number of alkyl halides is 3. The number of hydrogen-bond donors (Lipinski definition) is 0. The Morgan fingerprint density at radius 1 is 1.26 bits per heavy atom. The van der Waals surface area contributed by atoms with Crippen molar-refractivity contribution in [3.05, 3.63) is 35.9 Å². The SMILES string of the molecule is CC1CC(F)C(F)(C(C)C)C(F)(c2cc[c]cc2)C1. The number of benzene rings is 1. The largest absolute Gasteiger partial charge is 0.244 e. The maximum absolute atomic E-state index is 15.5. The lowest BCUT2D eigenvalue weighted by Crippen LogP contribution is -2.59. The summed E-state index contributed by atoms with van der Waals surface area (Å²) in [5, 5.41) is 0. The van der Waals surface area contributed by atoms with E-state index in [1.165, 1.54) is 12.1 Å². The zero-order chi connectivity index (χ0) is 14.3. The molecule has 0 bridgehead atoms. The molecule has 1 aliphatic carbocycles. The molecule has 0 aromatic heterocycles. The quantitative estimate of drug-likeness (QED) is 0.724. The molecule has 1 fully saturated rings. The lowest BCUT2D eigenvalue weighted by Gasteiger charge is -2.49. The lowest BCUT2D eigenvalue weighted by atomic mass is 9.62. The van der Waals surface area contributed by atoms with Gasteiger partial charge in [0.25, 0.3) is 0 Å². The minimum atomic E-state index is -2.47. The topological polar surface area (TPSA) is 0 Å². The van der Waals surface area contributed by atoms with Gasteiger partial charge in [0.1, 0.15) is 6.17 Å². The summed E-state index contributed by atoms with van der Waals surface area (Å²) in [6, 6.07) is 8.88. The fraction of sp³-hybridized carbons (Fsp3) is 0.625. The average molecular weight is 269 g/mol. The normalized spacial score (nSPS) is 39.5. The Morgan fingerprint density at radius 3 is 2.37 bits per heavy atom. The van der Waals surface area contributed by atoms with Gasteiger partial charge in [0.05, 0.1) is 0 Å². The molecule has 0 aliphatic heterocycles. The highest BCUT2D eigenvalue weighted by atomic mass is 19.2. The fourth-order valence-corrected chi connectivity index (χ4v) is 3.30. The van der Waals surface area contributed by atoms with Gasteiger partial charge in [0, 0.05) is 0 Å². The van der Waals surface area contributed by atoms with E-state index < -0.39 is 23.4 Å². The number of hydrogen-bond acceptors (Lipinski definition) is 0. The monoisotopic (exact) mass is 269 g/mol. The van der Waals surface area contributed by atoms with Crippen LogP contribution in [-0.4, -0.2) is 11.8 Å². The molecule has 1 aromatic carbocycles. The molecule has 105 valence electrons. The van der Waals surface area contributed by atoms with Gasteiger partial charge in [0.2, 0.25) is 0 Å². The third-order valence-electron chi connectivity index (χ3n) is 4.32. The van der Waals surface area contributed by atoms with Crippen LogP contribution >= 0.6 is 0 Å². The molecule has 0 N–H and O–H groups in total. The summed E-state index contributed by atoms with van der Waals surface area (Å²) in [7, 11) is 0. The van der Waals surface area contributed by atoms with E-state index in [2.05, 4.69) is 6.07 Å². The first-order chi connectivity index (χ1) is 8.82. The molecule has 3 heteroatoms. The molecule has 1 radical (unpaired) electrons. The van der Waals surface area contributed by atoms with Crippen molar-refractivity contribution in [2.75, 3.05) is 0 Å². The maximum Gasteiger partial charge on any atom is 0.182 e. The van der Waals surface area contributed by atoms with Crippen LogP contribution in [0.3, 0.4) is 0 Å². The molecule has 0 heterocycles. The average Bonchev–Trinajstić information content (AvgIpc) is 2.36.